The third-order valence-electron chi connectivity index (χ3n) is 13.0. The van der Waals surface area contributed by atoms with Crippen LogP contribution in [0.15, 0.2) is 206 Å². The summed E-state index contributed by atoms with van der Waals surface area (Å²) in [4.78, 5) is 10.4. The SMILES string of the molecule is c1ccc(-c2nc(-c3cccc(-c4cc5c(c6ccccc46)-c4c(c6ccccc6c6ccccc46)C54c5ccccc5-c5ccccc54)c3)nc3ccccc23)cc1. The zero-order chi connectivity index (χ0) is 38.7. The molecule has 11 aromatic rings. The van der Waals surface area contributed by atoms with Crippen LogP contribution in [0.1, 0.15) is 22.3 Å². The Morgan fingerprint density at radius 3 is 1.56 bits per heavy atom. The zero-order valence-electron chi connectivity index (χ0n) is 32.0. The molecule has 0 saturated carbocycles. The Morgan fingerprint density at radius 2 is 0.831 bits per heavy atom. The summed E-state index contributed by atoms with van der Waals surface area (Å²) in [6.45, 7) is 0. The van der Waals surface area contributed by atoms with E-state index in [4.69, 9.17) is 9.97 Å². The first-order valence-corrected chi connectivity index (χ1v) is 20.4. The largest absolute Gasteiger partial charge is 0.228 e. The molecule has 0 saturated heterocycles. The molecule has 1 aromatic heterocycles. The van der Waals surface area contributed by atoms with E-state index in [1.165, 1.54) is 82.4 Å². The zero-order valence-corrected chi connectivity index (χ0v) is 32.0. The van der Waals surface area contributed by atoms with Crippen LogP contribution in [0.25, 0.3) is 99.2 Å². The van der Waals surface area contributed by atoms with E-state index in [1.807, 2.05) is 0 Å². The maximum Gasteiger partial charge on any atom is 0.160 e. The summed E-state index contributed by atoms with van der Waals surface area (Å²) in [5.41, 5.74) is 16.4. The highest BCUT2D eigenvalue weighted by Gasteiger charge is 2.53. The maximum atomic E-state index is 5.28. The normalized spacial score (nSPS) is 13.2. The molecule has 272 valence electrons. The predicted molar refractivity (Wildman–Crippen MR) is 245 cm³/mol. The van der Waals surface area contributed by atoms with Gasteiger partial charge in [-0.15, -0.1) is 0 Å². The number of hydrogen-bond acceptors (Lipinski definition) is 2. The highest BCUT2D eigenvalue weighted by Crippen LogP contribution is 2.67. The van der Waals surface area contributed by atoms with Gasteiger partial charge in [0, 0.05) is 16.5 Å². The molecule has 2 aliphatic carbocycles. The van der Waals surface area contributed by atoms with Gasteiger partial charge in [-0.2, -0.15) is 0 Å². The Balaban J connectivity index is 1.14. The summed E-state index contributed by atoms with van der Waals surface area (Å²) in [5.74, 6) is 0.718. The van der Waals surface area contributed by atoms with E-state index in [0.717, 1.165) is 39.1 Å². The van der Waals surface area contributed by atoms with E-state index in [9.17, 15) is 0 Å². The summed E-state index contributed by atoms with van der Waals surface area (Å²) in [5, 5.41) is 8.72. The second-order valence-corrected chi connectivity index (χ2v) is 15.9. The van der Waals surface area contributed by atoms with Crippen LogP contribution in [0.3, 0.4) is 0 Å². The molecule has 2 aliphatic rings. The van der Waals surface area contributed by atoms with E-state index in [2.05, 4.69) is 206 Å². The predicted octanol–water partition coefficient (Wildman–Crippen LogP) is 14.4. The van der Waals surface area contributed by atoms with Crippen LogP contribution in [0.4, 0.5) is 0 Å². The lowest BCUT2D eigenvalue weighted by atomic mass is 9.68. The van der Waals surface area contributed by atoms with E-state index in [1.54, 1.807) is 0 Å². The standard InChI is InChI=1S/C57H34N2/c1-2-17-35(18-3-1)55-46-29-12-15-32-51(46)58-56(59-55)37-20-16-19-36(33-37)47-34-50-52(43-26-7-5-23-40(43)47)53-44-27-8-4-21-38(44)39-22-6-9-28-45(39)54(53)57(50)48-30-13-10-24-41(48)42-25-11-14-31-49(42)57/h1-34H. The van der Waals surface area contributed by atoms with Crippen LogP contribution in [0.5, 0.6) is 0 Å². The minimum absolute atomic E-state index is 0.538. The van der Waals surface area contributed by atoms with Crippen molar-refractivity contribution >= 4 is 43.2 Å². The summed E-state index contributed by atoms with van der Waals surface area (Å²) in [6, 6.07) is 75.6. The summed E-state index contributed by atoms with van der Waals surface area (Å²) < 4.78 is 0. The second-order valence-electron chi connectivity index (χ2n) is 15.9. The third-order valence-corrected chi connectivity index (χ3v) is 13.0. The molecule has 2 nitrogen and oxygen atoms in total. The molecule has 10 aromatic carbocycles. The van der Waals surface area contributed by atoms with Crippen molar-refractivity contribution in [2.75, 3.05) is 0 Å². The van der Waals surface area contributed by atoms with Crippen LogP contribution in [0.2, 0.25) is 0 Å². The van der Waals surface area contributed by atoms with Crippen LogP contribution in [-0.4, -0.2) is 9.97 Å². The first-order valence-electron chi connectivity index (χ1n) is 20.4. The van der Waals surface area contributed by atoms with Crippen molar-refractivity contribution in [2.45, 2.75) is 5.41 Å². The maximum absolute atomic E-state index is 5.28. The highest BCUT2D eigenvalue weighted by atomic mass is 14.9. The van der Waals surface area contributed by atoms with Crippen molar-refractivity contribution < 1.29 is 0 Å². The minimum Gasteiger partial charge on any atom is -0.228 e. The fraction of sp³-hybridized carbons (Fsp3) is 0.0175. The van der Waals surface area contributed by atoms with Gasteiger partial charge < -0.3 is 0 Å². The van der Waals surface area contributed by atoms with E-state index < -0.39 is 5.41 Å². The van der Waals surface area contributed by atoms with Gasteiger partial charge in [0.25, 0.3) is 0 Å². The van der Waals surface area contributed by atoms with Crippen molar-refractivity contribution in [3.05, 3.63) is 229 Å². The number of benzene rings is 10. The summed E-state index contributed by atoms with van der Waals surface area (Å²) in [6.07, 6.45) is 0. The minimum atomic E-state index is -0.538. The molecule has 0 atom stereocenters. The van der Waals surface area contributed by atoms with Crippen molar-refractivity contribution in [1.29, 1.82) is 0 Å². The lowest BCUT2D eigenvalue weighted by Gasteiger charge is -2.32. The number of hydrogen-bond donors (Lipinski definition) is 0. The van der Waals surface area contributed by atoms with Crippen LogP contribution in [-0.2, 0) is 5.41 Å². The number of rotatable bonds is 3. The number of nitrogens with zero attached hydrogens (tertiary/aromatic N) is 2. The quantitative estimate of drug-likeness (QED) is 0.168. The molecule has 0 fully saturated rings. The molecule has 0 radical (unpaired) electrons. The van der Waals surface area contributed by atoms with Crippen LogP contribution in [0, 0.1) is 0 Å². The fourth-order valence-electron chi connectivity index (χ4n) is 10.7. The molecule has 1 heterocycles. The lowest BCUT2D eigenvalue weighted by molar-refractivity contribution is 0.803. The monoisotopic (exact) mass is 746 g/mol. The Hall–Kier alpha value is -7.68. The highest BCUT2D eigenvalue weighted by molar-refractivity contribution is 6.24. The van der Waals surface area contributed by atoms with Crippen molar-refractivity contribution in [3.63, 3.8) is 0 Å². The first-order chi connectivity index (χ1) is 29.3. The van der Waals surface area contributed by atoms with Gasteiger partial charge in [-0.25, -0.2) is 9.97 Å². The van der Waals surface area contributed by atoms with Gasteiger partial charge in [0.05, 0.1) is 16.6 Å². The molecule has 2 heteroatoms. The fourth-order valence-corrected chi connectivity index (χ4v) is 10.7. The van der Waals surface area contributed by atoms with Gasteiger partial charge >= 0.3 is 0 Å². The second kappa shape index (κ2) is 12.2. The summed E-state index contributed by atoms with van der Waals surface area (Å²) in [7, 11) is 0. The Labute approximate surface area is 341 Å². The summed E-state index contributed by atoms with van der Waals surface area (Å²) >= 11 is 0. The molecule has 1 spiro atoms. The molecule has 0 N–H and O–H groups in total. The molecule has 0 aliphatic heterocycles. The van der Waals surface area contributed by atoms with Crippen molar-refractivity contribution in [1.82, 2.24) is 9.97 Å². The number of para-hydroxylation sites is 1. The van der Waals surface area contributed by atoms with Crippen molar-refractivity contribution in [2.24, 2.45) is 0 Å². The van der Waals surface area contributed by atoms with Gasteiger partial charge in [-0.05, 0) is 106 Å². The number of aromatic nitrogens is 2. The molecule has 0 amide bonds. The van der Waals surface area contributed by atoms with Gasteiger partial charge in [-0.3, -0.25) is 0 Å². The average molecular weight is 747 g/mol. The van der Waals surface area contributed by atoms with E-state index in [0.29, 0.717) is 0 Å². The molecular formula is C57H34N2. The third kappa shape index (κ3) is 4.35. The van der Waals surface area contributed by atoms with E-state index in [-0.39, 0.29) is 0 Å². The van der Waals surface area contributed by atoms with Crippen LogP contribution < -0.4 is 0 Å². The van der Waals surface area contributed by atoms with Crippen LogP contribution >= 0.6 is 0 Å². The topological polar surface area (TPSA) is 25.8 Å². The Morgan fingerprint density at radius 1 is 0.305 bits per heavy atom. The molecule has 59 heavy (non-hydrogen) atoms. The molecule has 13 rings (SSSR count). The molecule has 0 bridgehead atoms. The van der Waals surface area contributed by atoms with Crippen molar-refractivity contribution in [3.8, 4) is 56.0 Å². The van der Waals surface area contributed by atoms with Gasteiger partial charge in [0.1, 0.15) is 0 Å². The first kappa shape index (κ1) is 32.4. The molecule has 0 unspecified atom stereocenters. The smallest absolute Gasteiger partial charge is 0.160 e. The van der Waals surface area contributed by atoms with Gasteiger partial charge in [-0.1, -0.05) is 188 Å². The molecular weight excluding hydrogens is 713 g/mol. The van der Waals surface area contributed by atoms with Gasteiger partial charge in [0.15, 0.2) is 5.82 Å². The lowest BCUT2D eigenvalue weighted by Crippen LogP contribution is -2.26. The average Bonchev–Trinajstić information content (AvgIpc) is 3.79. The number of fused-ring (bicyclic) bond motifs is 18. The Bertz CT molecular complexity index is 3520. The van der Waals surface area contributed by atoms with Gasteiger partial charge in [0.2, 0.25) is 0 Å². The van der Waals surface area contributed by atoms with E-state index >= 15 is 0 Å². The Kier molecular flexibility index (Phi) is 6.68.